The molecule has 0 amide bonds. The fourth-order valence-corrected chi connectivity index (χ4v) is 3.57. The Morgan fingerprint density at radius 1 is 1.48 bits per heavy atom. The summed E-state index contributed by atoms with van der Waals surface area (Å²) in [6.07, 6.45) is 0.935. The standard InChI is InChI=1S/C15H20N2O2S2/c1-19-14(18)13-11-17(9-10-21-13)15(20)16-8-7-12-5-3-2-4-6-12/h2-6,13H,7-11H2,1H3,(H,16,20)/t13-/m0/s1. The third-order valence-corrected chi connectivity index (χ3v) is 4.92. The molecule has 0 radical (unpaired) electrons. The van der Waals surface area contributed by atoms with Gasteiger partial charge in [-0.1, -0.05) is 30.3 Å². The Balaban J connectivity index is 1.76. The first-order chi connectivity index (χ1) is 10.2. The van der Waals surface area contributed by atoms with E-state index in [0.717, 1.165) is 30.4 Å². The number of esters is 1. The zero-order valence-electron chi connectivity index (χ0n) is 12.1. The highest BCUT2D eigenvalue weighted by molar-refractivity contribution is 8.00. The van der Waals surface area contributed by atoms with E-state index in [2.05, 4.69) is 22.3 Å². The molecular weight excluding hydrogens is 304 g/mol. The molecule has 1 aliphatic rings. The zero-order valence-corrected chi connectivity index (χ0v) is 13.7. The van der Waals surface area contributed by atoms with Crippen LogP contribution in [0, 0.1) is 0 Å². The number of nitrogens with one attached hydrogen (secondary N) is 1. The molecule has 0 bridgehead atoms. The molecule has 6 heteroatoms. The van der Waals surface area contributed by atoms with Gasteiger partial charge in [-0.15, -0.1) is 11.8 Å². The molecule has 1 N–H and O–H groups in total. The smallest absolute Gasteiger partial charge is 0.320 e. The van der Waals surface area contributed by atoms with Crippen LogP contribution in [0.3, 0.4) is 0 Å². The Bertz CT molecular complexity index is 482. The average Bonchev–Trinajstić information content (AvgIpc) is 2.55. The Kier molecular flexibility index (Phi) is 6.32. The highest BCUT2D eigenvalue weighted by Gasteiger charge is 2.28. The minimum Gasteiger partial charge on any atom is -0.468 e. The van der Waals surface area contributed by atoms with Crippen molar-refractivity contribution in [1.82, 2.24) is 10.2 Å². The van der Waals surface area contributed by atoms with Crippen LogP contribution in [0.2, 0.25) is 0 Å². The van der Waals surface area contributed by atoms with Crippen LogP contribution in [0.1, 0.15) is 5.56 Å². The number of hydrogen-bond acceptors (Lipinski definition) is 4. The maximum atomic E-state index is 11.6. The highest BCUT2D eigenvalue weighted by Crippen LogP contribution is 2.19. The first kappa shape index (κ1) is 16.1. The van der Waals surface area contributed by atoms with Crippen molar-refractivity contribution >= 4 is 35.1 Å². The number of benzene rings is 1. The summed E-state index contributed by atoms with van der Waals surface area (Å²) in [5.41, 5.74) is 1.29. The van der Waals surface area contributed by atoms with E-state index < -0.39 is 0 Å². The van der Waals surface area contributed by atoms with Crippen LogP contribution in [0.5, 0.6) is 0 Å². The largest absolute Gasteiger partial charge is 0.468 e. The van der Waals surface area contributed by atoms with Gasteiger partial charge in [0.1, 0.15) is 5.25 Å². The van der Waals surface area contributed by atoms with Crippen LogP contribution < -0.4 is 5.32 Å². The molecule has 1 saturated heterocycles. The quantitative estimate of drug-likeness (QED) is 0.671. The van der Waals surface area contributed by atoms with Gasteiger partial charge in [0.05, 0.1) is 7.11 Å². The molecule has 1 aromatic rings. The predicted molar refractivity (Wildman–Crippen MR) is 90.6 cm³/mol. The maximum Gasteiger partial charge on any atom is 0.320 e. The van der Waals surface area contributed by atoms with E-state index in [1.54, 1.807) is 11.8 Å². The van der Waals surface area contributed by atoms with Gasteiger partial charge in [0.25, 0.3) is 0 Å². The lowest BCUT2D eigenvalue weighted by Gasteiger charge is -2.33. The Labute approximate surface area is 135 Å². The van der Waals surface area contributed by atoms with E-state index in [0.29, 0.717) is 6.54 Å². The van der Waals surface area contributed by atoms with E-state index in [9.17, 15) is 4.79 Å². The van der Waals surface area contributed by atoms with Gasteiger partial charge in [0.15, 0.2) is 5.11 Å². The second kappa shape index (κ2) is 8.24. The van der Waals surface area contributed by atoms with E-state index in [1.807, 2.05) is 18.2 Å². The summed E-state index contributed by atoms with van der Waals surface area (Å²) in [5, 5.41) is 3.86. The molecule has 0 aromatic heterocycles. The number of hydrogen-bond donors (Lipinski definition) is 1. The number of rotatable bonds is 4. The van der Waals surface area contributed by atoms with E-state index in [-0.39, 0.29) is 11.2 Å². The summed E-state index contributed by atoms with van der Waals surface area (Å²) in [6.45, 7) is 2.29. The highest BCUT2D eigenvalue weighted by atomic mass is 32.2. The van der Waals surface area contributed by atoms with E-state index in [1.165, 1.54) is 12.7 Å². The lowest BCUT2D eigenvalue weighted by atomic mass is 10.1. The van der Waals surface area contributed by atoms with Crippen molar-refractivity contribution in [3.8, 4) is 0 Å². The number of thioether (sulfide) groups is 1. The fraction of sp³-hybridized carbons (Fsp3) is 0.467. The van der Waals surface area contributed by atoms with Gasteiger partial charge in [-0.2, -0.15) is 0 Å². The summed E-state index contributed by atoms with van der Waals surface area (Å²) in [4.78, 5) is 13.7. The summed E-state index contributed by atoms with van der Waals surface area (Å²) in [5.74, 6) is 0.720. The molecule has 4 nitrogen and oxygen atoms in total. The van der Waals surface area contributed by atoms with Crippen molar-refractivity contribution < 1.29 is 9.53 Å². The topological polar surface area (TPSA) is 41.6 Å². The first-order valence-electron chi connectivity index (χ1n) is 6.97. The molecule has 1 aromatic carbocycles. The normalized spacial score (nSPS) is 18.1. The molecule has 1 atom stereocenters. The van der Waals surface area contributed by atoms with Crippen molar-refractivity contribution in [2.24, 2.45) is 0 Å². The van der Waals surface area contributed by atoms with E-state index in [4.69, 9.17) is 17.0 Å². The maximum absolute atomic E-state index is 11.6. The van der Waals surface area contributed by atoms with Gasteiger partial charge in [0, 0.05) is 25.4 Å². The van der Waals surface area contributed by atoms with Crippen molar-refractivity contribution in [1.29, 1.82) is 0 Å². The Morgan fingerprint density at radius 3 is 2.95 bits per heavy atom. The third kappa shape index (κ3) is 4.89. The molecule has 2 rings (SSSR count). The van der Waals surface area contributed by atoms with Crippen LogP contribution in [0.25, 0.3) is 0 Å². The van der Waals surface area contributed by atoms with Gasteiger partial charge in [-0.3, -0.25) is 4.79 Å². The van der Waals surface area contributed by atoms with Crippen molar-refractivity contribution in [2.75, 3.05) is 32.5 Å². The summed E-state index contributed by atoms with van der Waals surface area (Å²) in [6, 6.07) is 10.3. The molecule has 0 spiro atoms. The fourth-order valence-electron chi connectivity index (χ4n) is 2.18. The molecule has 1 heterocycles. The van der Waals surface area contributed by atoms with Crippen LogP contribution in [-0.2, 0) is 16.0 Å². The number of thiocarbonyl (C=S) groups is 1. The lowest BCUT2D eigenvalue weighted by Crippen LogP contribution is -2.49. The summed E-state index contributed by atoms with van der Waals surface area (Å²) >= 11 is 7.05. The Morgan fingerprint density at radius 2 is 2.24 bits per heavy atom. The van der Waals surface area contributed by atoms with Crippen molar-refractivity contribution in [3.63, 3.8) is 0 Å². The third-order valence-electron chi connectivity index (χ3n) is 3.35. The van der Waals surface area contributed by atoms with Crippen LogP contribution in [0.15, 0.2) is 30.3 Å². The van der Waals surface area contributed by atoms with Crippen LogP contribution in [0.4, 0.5) is 0 Å². The number of carbonyl (C=O) groups is 1. The number of ether oxygens (including phenoxy) is 1. The second-order valence-corrected chi connectivity index (χ2v) is 6.49. The molecule has 0 unspecified atom stereocenters. The molecule has 114 valence electrons. The van der Waals surface area contributed by atoms with Gasteiger partial charge >= 0.3 is 5.97 Å². The molecule has 0 saturated carbocycles. The monoisotopic (exact) mass is 324 g/mol. The van der Waals surface area contributed by atoms with Gasteiger partial charge in [-0.25, -0.2) is 0 Å². The molecular formula is C15H20N2O2S2. The number of methoxy groups -OCH3 is 1. The summed E-state index contributed by atoms with van der Waals surface area (Å²) in [7, 11) is 1.43. The minimum absolute atomic E-state index is 0.141. The molecule has 1 fully saturated rings. The number of carbonyl (C=O) groups excluding carboxylic acids is 1. The predicted octanol–water partition coefficient (Wildman–Crippen LogP) is 1.69. The van der Waals surface area contributed by atoms with Gasteiger partial charge < -0.3 is 15.0 Å². The number of nitrogens with zero attached hydrogens (tertiary/aromatic N) is 1. The van der Waals surface area contributed by atoms with Crippen molar-refractivity contribution in [3.05, 3.63) is 35.9 Å². The minimum atomic E-state index is -0.170. The first-order valence-corrected chi connectivity index (χ1v) is 8.42. The van der Waals surface area contributed by atoms with Gasteiger partial charge in [0.2, 0.25) is 0 Å². The van der Waals surface area contributed by atoms with Crippen molar-refractivity contribution in [2.45, 2.75) is 11.7 Å². The summed E-state index contributed by atoms with van der Waals surface area (Å²) < 4.78 is 4.81. The lowest BCUT2D eigenvalue weighted by molar-refractivity contribution is -0.140. The SMILES string of the molecule is COC(=O)[C@@H]1CN(C(=S)NCCc2ccccc2)CCS1. The van der Waals surface area contributed by atoms with E-state index >= 15 is 0 Å². The van der Waals surface area contributed by atoms with Crippen LogP contribution in [-0.4, -0.2) is 53.7 Å². The average molecular weight is 324 g/mol. The second-order valence-electron chi connectivity index (χ2n) is 4.80. The van der Waals surface area contributed by atoms with Crippen LogP contribution >= 0.6 is 24.0 Å². The Hall–Kier alpha value is -1.27. The van der Waals surface area contributed by atoms with Gasteiger partial charge in [-0.05, 0) is 24.2 Å². The molecule has 1 aliphatic heterocycles. The molecule has 0 aliphatic carbocycles. The zero-order chi connectivity index (χ0) is 15.1. The molecule has 21 heavy (non-hydrogen) atoms.